The highest BCUT2D eigenvalue weighted by atomic mass is 19.1. The molecule has 1 fully saturated rings. The SMILES string of the molecule is CCN1CCN(Cc2cccc(C(=N)N)c2F)CC1C. The highest BCUT2D eigenvalue weighted by molar-refractivity contribution is 5.95. The van der Waals surface area contributed by atoms with Gasteiger partial charge in [-0.3, -0.25) is 15.2 Å². The second kappa shape index (κ2) is 6.33. The van der Waals surface area contributed by atoms with Crippen molar-refractivity contribution in [2.75, 3.05) is 26.2 Å². The third kappa shape index (κ3) is 3.16. The van der Waals surface area contributed by atoms with Crippen LogP contribution < -0.4 is 5.73 Å². The predicted octanol–water partition coefficient (Wildman–Crippen LogP) is 1.64. The van der Waals surface area contributed by atoms with E-state index in [1.807, 2.05) is 0 Å². The van der Waals surface area contributed by atoms with Crippen LogP contribution in [0.15, 0.2) is 18.2 Å². The van der Waals surface area contributed by atoms with Crippen molar-refractivity contribution >= 4 is 5.84 Å². The largest absolute Gasteiger partial charge is 0.384 e. The molecular weight excluding hydrogens is 255 g/mol. The summed E-state index contributed by atoms with van der Waals surface area (Å²) in [6.45, 7) is 8.92. The fourth-order valence-electron chi connectivity index (χ4n) is 2.83. The number of amidine groups is 1. The number of nitrogen functional groups attached to an aromatic ring is 1. The van der Waals surface area contributed by atoms with E-state index in [0.717, 1.165) is 26.2 Å². The van der Waals surface area contributed by atoms with E-state index in [4.69, 9.17) is 11.1 Å². The van der Waals surface area contributed by atoms with Crippen LogP contribution in [-0.4, -0.2) is 47.9 Å². The molecule has 0 aromatic heterocycles. The molecule has 20 heavy (non-hydrogen) atoms. The molecule has 0 bridgehead atoms. The zero-order valence-corrected chi connectivity index (χ0v) is 12.2. The van der Waals surface area contributed by atoms with Crippen molar-refractivity contribution < 1.29 is 4.39 Å². The summed E-state index contributed by atoms with van der Waals surface area (Å²) in [7, 11) is 0. The molecule has 0 aliphatic carbocycles. The molecule has 1 aliphatic rings. The average Bonchev–Trinajstić information content (AvgIpc) is 2.41. The number of likely N-dealkylation sites (N-methyl/N-ethyl adjacent to an activating group) is 1. The highest BCUT2D eigenvalue weighted by Crippen LogP contribution is 2.17. The Morgan fingerprint density at radius 1 is 1.45 bits per heavy atom. The first-order valence-electron chi connectivity index (χ1n) is 7.11. The van der Waals surface area contributed by atoms with Gasteiger partial charge in [0.2, 0.25) is 0 Å². The summed E-state index contributed by atoms with van der Waals surface area (Å²) in [4.78, 5) is 4.69. The minimum atomic E-state index is -0.356. The van der Waals surface area contributed by atoms with Crippen LogP contribution in [0, 0.1) is 11.2 Å². The molecule has 1 heterocycles. The zero-order chi connectivity index (χ0) is 14.7. The Bertz CT molecular complexity index is 489. The van der Waals surface area contributed by atoms with Crippen molar-refractivity contribution in [1.29, 1.82) is 5.41 Å². The van der Waals surface area contributed by atoms with Gasteiger partial charge in [0.25, 0.3) is 0 Å². The van der Waals surface area contributed by atoms with E-state index in [0.29, 0.717) is 18.2 Å². The maximum atomic E-state index is 14.3. The standard InChI is InChI=1S/C15H23FN4/c1-3-20-8-7-19(9-11(20)2)10-12-5-4-6-13(14(12)16)15(17)18/h4-6,11H,3,7-10H2,1-2H3,(H3,17,18). The lowest BCUT2D eigenvalue weighted by molar-refractivity contribution is 0.0827. The summed E-state index contributed by atoms with van der Waals surface area (Å²) < 4.78 is 14.3. The first-order valence-corrected chi connectivity index (χ1v) is 7.11. The van der Waals surface area contributed by atoms with Crippen LogP contribution in [0.5, 0.6) is 0 Å². The average molecular weight is 278 g/mol. The van der Waals surface area contributed by atoms with Crippen LogP contribution in [0.25, 0.3) is 0 Å². The van der Waals surface area contributed by atoms with Gasteiger partial charge >= 0.3 is 0 Å². The van der Waals surface area contributed by atoms with E-state index < -0.39 is 0 Å². The number of halogens is 1. The molecule has 1 aliphatic heterocycles. The van der Waals surface area contributed by atoms with Crippen LogP contribution >= 0.6 is 0 Å². The molecule has 1 unspecified atom stereocenters. The molecule has 4 nitrogen and oxygen atoms in total. The van der Waals surface area contributed by atoms with Gasteiger partial charge in [-0.25, -0.2) is 4.39 Å². The molecule has 1 saturated heterocycles. The first kappa shape index (κ1) is 14.9. The molecule has 1 aromatic carbocycles. The number of nitrogens with one attached hydrogen (secondary N) is 1. The van der Waals surface area contributed by atoms with E-state index in [2.05, 4.69) is 23.6 Å². The Morgan fingerprint density at radius 3 is 2.80 bits per heavy atom. The lowest BCUT2D eigenvalue weighted by atomic mass is 10.1. The fourth-order valence-corrected chi connectivity index (χ4v) is 2.83. The minimum Gasteiger partial charge on any atom is -0.384 e. The van der Waals surface area contributed by atoms with E-state index in [1.54, 1.807) is 18.2 Å². The Morgan fingerprint density at radius 2 is 2.20 bits per heavy atom. The van der Waals surface area contributed by atoms with Crippen molar-refractivity contribution in [2.45, 2.75) is 26.4 Å². The quantitative estimate of drug-likeness (QED) is 0.650. The van der Waals surface area contributed by atoms with E-state index in [9.17, 15) is 4.39 Å². The van der Waals surface area contributed by atoms with Crippen LogP contribution in [0.1, 0.15) is 25.0 Å². The Hall–Kier alpha value is -1.46. The third-order valence-corrected chi connectivity index (χ3v) is 4.02. The van der Waals surface area contributed by atoms with Crippen molar-refractivity contribution in [2.24, 2.45) is 5.73 Å². The number of nitrogens with zero attached hydrogens (tertiary/aromatic N) is 2. The fraction of sp³-hybridized carbons (Fsp3) is 0.533. The molecule has 5 heteroatoms. The highest BCUT2D eigenvalue weighted by Gasteiger charge is 2.23. The van der Waals surface area contributed by atoms with Gasteiger partial charge in [-0.2, -0.15) is 0 Å². The summed E-state index contributed by atoms with van der Waals surface area (Å²) in [5.41, 5.74) is 6.22. The van der Waals surface area contributed by atoms with Gasteiger partial charge in [-0.15, -0.1) is 0 Å². The lowest BCUT2D eigenvalue weighted by Gasteiger charge is -2.39. The molecule has 110 valence electrons. The van der Waals surface area contributed by atoms with Crippen molar-refractivity contribution in [3.63, 3.8) is 0 Å². The lowest BCUT2D eigenvalue weighted by Crippen LogP contribution is -2.51. The molecule has 3 N–H and O–H groups in total. The summed E-state index contributed by atoms with van der Waals surface area (Å²) >= 11 is 0. The number of nitrogens with two attached hydrogens (primary N) is 1. The summed E-state index contributed by atoms with van der Waals surface area (Å²) in [6, 6.07) is 5.59. The third-order valence-electron chi connectivity index (χ3n) is 4.02. The second-order valence-corrected chi connectivity index (χ2v) is 5.41. The smallest absolute Gasteiger partial charge is 0.138 e. The van der Waals surface area contributed by atoms with Gasteiger partial charge in [0.1, 0.15) is 11.7 Å². The van der Waals surface area contributed by atoms with Crippen molar-refractivity contribution in [1.82, 2.24) is 9.80 Å². The zero-order valence-electron chi connectivity index (χ0n) is 12.2. The van der Waals surface area contributed by atoms with E-state index in [1.165, 1.54) is 0 Å². The molecule has 1 atom stereocenters. The second-order valence-electron chi connectivity index (χ2n) is 5.41. The molecule has 2 rings (SSSR count). The van der Waals surface area contributed by atoms with Crippen LogP contribution in [0.3, 0.4) is 0 Å². The molecule has 0 saturated carbocycles. The molecule has 0 amide bonds. The topological polar surface area (TPSA) is 56.4 Å². The normalized spacial score (nSPS) is 21.1. The van der Waals surface area contributed by atoms with Gasteiger partial charge in [0.15, 0.2) is 0 Å². The Labute approximate surface area is 119 Å². The monoisotopic (exact) mass is 278 g/mol. The maximum Gasteiger partial charge on any atom is 0.138 e. The number of piperazine rings is 1. The molecule has 0 radical (unpaired) electrons. The Balaban J connectivity index is 2.08. The van der Waals surface area contributed by atoms with Gasteiger partial charge in [0, 0.05) is 37.8 Å². The van der Waals surface area contributed by atoms with Gasteiger partial charge < -0.3 is 5.73 Å². The maximum absolute atomic E-state index is 14.3. The summed E-state index contributed by atoms with van der Waals surface area (Å²) in [5, 5.41) is 7.39. The summed E-state index contributed by atoms with van der Waals surface area (Å²) in [5.74, 6) is -0.570. The minimum absolute atomic E-state index is 0.197. The van der Waals surface area contributed by atoms with Gasteiger partial charge in [-0.1, -0.05) is 19.1 Å². The van der Waals surface area contributed by atoms with Crippen LogP contribution in [0.2, 0.25) is 0 Å². The number of hydrogen-bond acceptors (Lipinski definition) is 3. The molecule has 0 spiro atoms. The summed E-state index contributed by atoms with van der Waals surface area (Å²) in [6.07, 6.45) is 0. The van der Waals surface area contributed by atoms with Gasteiger partial charge in [-0.05, 0) is 19.5 Å². The van der Waals surface area contributed by atoms with Crippen LogP contribution in [-0.2, 0) is 6.54 Å². The molecular formula is C15H23FN4. The predicted molar refractivity (Wildman–Crippen MR) is 79.4 cm³/mol. The van der Waals surface area contributed by atoms with Crippen molar-refractivity contribution in [3.8, 4) is 0 Å². The number of hydrogen-bond donors (Lipinski definition) is 2. The number of rotatable bonds is 4. The van der Waals surface area contributed by atoms with E-state index >= 15 is 0 Å². The van der Waals surface area contributed by atoms with E-state index in [-0.39, 0.29) is 17.2 Å². The van der Waals surface area contributed by atoms with Gasteiger partial charge in [0.05, 0.1) is 5.56 Å². The van der Waals surface area contributed by atoms with Crippen molar-refractivity contribution in [3.05, 3.63) is 35.1 Å². The first-order chi connectivity index (χ1) is 9.52. The Kier molecular flexibility index (Phi) is 4.73. The molecule has 1 aromatic rings. The van der Waals surface area contributed by atoms with Crippen LogP contribution in [0.4, 0.5) is 4.39 Å². The number of benzene rings is 1.